The summed E-state index contributed by atoms with van der Waals surface area (Å²) >= 11 is 0. The molecular formula is C27H48O9. The predicted molar refractivity (Wildman–Crippen MR) is 136 cm³/mol. The summed E-state index contributed by atoms with van der Waals surface area (Å²) in [6.07, 6.45) is 13.2. The summed E-state index contributed by atoms with van der Waals surface area (Å²) in [7, 11) is 0. The first-order valence-corrected chi connectivity index (χ1v) is 13.5. The van der Waals surface area contributed by atoms with Crippen molar-refractivity contribution in [2.45, 2.75) is 121 Å². The lowest BCUT2D eigenvalue weighted by molar-refractivity contribution is -0.305. The van der Waals surface area contributed by atoms with Gasteiger partial charge in [-0.3, -0.25) is 4.79 Å². The lowest BCUT2D eigenvalue weighted by atomic mass is 9.99. The molecule has 0 radical (unpaired) electrons. The first-order chi connectivity index (χ1) is 17.4. The molecule has 9 heteroatoms. The van der Waals surface area contributed by atoms with E-state index in [1.165, 1.54) is 25.7 Å². The Hall–Kier alpha value is -1.33. The van der Waals surface area contributed by atoms with Crippen molar-refractivity contribution in [3.8, 4) is 0 Å². The number of unbranched alkanes of at least 4 members (excludes halogenated alkanes) is 8. The van der Waals surface area contributed by atoms with Crippen LogP contribution in [0.4, 0.5) is 0 Å². The average molecular weight is 517 g/mol. The largest absolute Gasteiger partial charge is 0.463 e. The van der Waals surface area contributed by atoms with E-state index >= 15 is 0 Å². The molecule has 1 saturated heterocycles. The fraction of sp³-hybridized carbons (Fsp3) is 0.815. The average Bonchev–Trinajstić information content (AvgIpc) is 2.88. The first-order valence-electron chi connectivity index (χ1n) is 13.5. The molecule has 0 aromatic carbocycles. The molecule has 9 nitrogen and oxygen atoms in total. The molecule has 36 heavy (non-hydrogen) atoms. The van der Waals surface area contributed by atoms with E-state index in [-0.39, 0.29) is 19.6 Å². The van der Waals surface area contributed by atoms with Crippen LogP contribution in [0.15, 0.2) is 24.3 Å². The molecule has 1 fully saturated rings. The van der Waals surface area contributed by atoms with Gasteiger partial charge in [-0.15, -0.1) is 0 Å². The maximum absolute atomic E-state index is 11.9. The monoisotopic (exact) mass is 516 g/mol. The van der Waals surface area contributed by atoms with Crippen LogP contribution in [0.1, 0.15) is 84.0 Å². The van der Waals surface area contributed by atoms with Gasteiger partial charge < -0.3 is 39.7 Å². The molecule has 1 aliphatic heterocycles. The van der Waals surface area contributed by atoms with E-state index < -0.39 is 49.4 Å². The Labute approximate surface area is 215 Å². The molecule has 210 valence electrons. The Bertz CT molecular complexity index is 608. The minimum absolute atomic E-state index is 0.267. The third-order valence-corrected chi connectivity index (χ3v) is 6.07. The van der Waals surface area contributed by atoms with Crippen molar-refractivity contribution in [1.29, 1.82) is 0 Å². The van der Waals surface area contributed by atoms with Gasteiger partial charge in [-0.1, -0.05) is 63.3 Å². The van der Waals surface area contributed by atoms with Crippen molar-refractivity contribution in [3.63, 3.8) is 0 Å². The van der Waals surface area contributed by atoms with Gasteiger partial charge in [-0.25, -0.2) is 0 Å². The van der Waals surface area contributed by atoms with Crippen molar-refractivity contribution in [3.05, 3.63) is 24.3 Å². The summed E-state index contributed by atoms with van der Waals surface area (Å²) in [5.41, 5.74) is 0. The maximum Gasteiger partial charge on any atom is 0.305 e. The van der Waals surface area contributed by atoms with E-state index in [0.29, 0.717) is 0 Å². The van der Waals surface area contributed by atoms with Crippen LogP contribution < -0.4 is 0 Å². The van der Waals surface area contributed by atoms with Crippen LogP contribution in [0.2, 0.25) is 0 Å². The van der Waals surface area contributed by atoms with Crippen LogP contribution in [0, 0.1) is 0 Å². The number of aliphatic hydroxyl groups excluding tert-OH is 5. The third kappa shape index (κ3) is 14.4. The SMILES string of the molecule is CCCCC/C=C/C/C=C/CCCCCCCC(=O)OCC(O)COC1OC(CO)C(O)C(O)C1O. The standard InChI is InChI=1S/C27H48O9/c1-2-3-4-5-6-7-8-9-10-11-12-13-14-15-16-17-23(30)34-19-21(29)20-35-27-26(33)25(32)24(31)22(18-28)36-27/h6-7,9-10,21-22,24-29,31-33H,2-5,8,11-20H2,1H3/b7-6+,10-9+. The highest BCUT2D eigenvalue weighted by Crippen LogP contribution is 2.22. The molecule has 1 rings (SSSR count). The molecule has 0 spiro atoms. The van der Waals surface area contributed by atoms with E-state index in [1.54, 1.807) is 0 Å². The summed E-state index contributed by atoms with van der Waals surface area (Å²) in [6, 6.07) is 0. The van der Waals surface area contributed by atoms with Crippen molar-refractivity contribution < 1.29 is 44.5 Å². The van der Waals surface area contributed by atoms with Gasteiger partial charge in [0.05, 0.1) is 13.2 Å². The lowest BCUT2D eigenvalue weighted by Gasteiger charge is -2.39. The van der Waals surface area contributed by atoms with Gasteiger partial charge in [-0.05, 0) is 38.5 Å². The Morgan fingerprint density at radius 2 is 1.50 bits per heavy atom. The minimum Gasteiger partial charge on any atom is -0.463 e. The number of ether oxygens (including phenoxy) is 3. The molecule has 6 atom stereocenters. The van der Waals surface area contributed by atoms with Gasteiger partial charge in [0.2, 0.25) is 0 Å². The maximum atomic E-state index is 11.9. The van der Waals surface area contributed by atoms with E-state index in [0.717, 1.165) is 44.9 Å². The molecule has 5 N–H and O–H groups in total. The number of esters is 1. The molecule has 0 amide bonds. The topological polar surface area (TPSA) is 146 Å². The summed E-state index contributed by atoms with van der Waals surface area (Å²) in [5, 5.41) is 48.5. The zero-order valence-corrected chi connectivity index (χ0v) is 21.7. The Kier molecular flexibility index (Phi) is 18.8. The normalized spacial score (nSPS) is 25.6. The second kappa shape index (κ2) is 20.7. The second-order valence-electron chi connectivity index (χ2n) is 9.35. The fourth-order valence-corrected chi connectivity index (χ4v) is 3.80. The van der Waals surface area contributed by atoms with Gasteiger partial charge >= 0.3 is 5.97 Å². The highest BCUT2D eigenvalue weighted by molar-refractivity contribution is 5.69. The van der Waals surface area contributed by atoms with Crippen LogP contribution in [-0.4, -0.2) is 88.1 Å². The van der Waals surface area contributed by atoms with Gasteiger partial charge in [-0.2, -0.15) is 0 Å². The molecule has 1 aliphatic rings. The smallest absolute Gasteiger partial charge is 0.305 e. The first kappa shape index (κ1) is 32.7. The third-order valence-electron chi connectivity index (χ3n) is 6.07. The highest BCUT2D eigenvalue weighted by Gasteiger charge is 2.44. The van der Waals surface area contributed by atoms with Crippen LogP contribution >= 0.6 is 0 Å². The number of allylic oxidation sites excluding steroid dienone is 4. The Balaban J connectivity index is 2.00. The molecule has 0 saturated carbocycles. The van der Waals surface area contributed by atoms with Gasteiger partial charge in [0.25, 0.3) is 0 Å². The van der Waals surface area contributed by atoms with E-state index in [2.05, 4.69) is 31.2 Å². The van der Waals surface area contributed by atoms with Crippen LogP contribution in [0.25, 0.3) is 0 Å². The van der Waals surface area contributed by atoms with Crippen LogP contribution in [-0.2, 0) is 19.0 Å². The number of hydrogen-bond donors (Lipinski definition) is 5. The highest BCUT2D eigenvalue weighted by atomic mass is 16.7. The molecule has 0 aromatic heterocycles. The van der Waals surface area contributed by atoms with Crippen LogP contribution in [0.5, 0.6) is 0 Å². The molecule has 0 aromatic rings. The van der Waals surface area contributed by atoms with Gasteiger partial charge in [0.1, 0.15) is 37.1 Å². The number of carbonyl (C=O) groups is 1. The predicted octanol–water partition coefficient (Wildman–Crippen LogP) is 2.52. The summed E-state index contributed by atoms with van der Waals surface area (Å²) in [6.45, 7) is 1.06. The van der Waals surface area contributed by atoms with Crippen molar-refractivity contribution in [1.82, 2.24) is 0 Å². The lowest BCUT2D eigenvalue weighted by Crippen LogP contribution is -2.59. The number of rotatable bonds is 20. The molecule has 0 bridgehead atoms. The quantitative estimate of drug-likeness (QED) is 0.0936. The summed E-state index contributed by atoms with van der Waals surface area (Å²) in [4.78, 5) is 11.9. The van der Waals surface area contributed by atoms with E-state index in [4.69, 9.17) is 19.3 Å². The Morgan fingerprint density at radius 3 is 2.17 bits per heavy atom. The van der Waals surface area contributed by atoms with E-state index in [1.807, 2.05) is 0 Å². The van der Waals surface area contributed by atoms with Crippen molar-refractivity contribution in [2.24, 2.45) is 0 Å². The molecule has 0 aliphatic carbocycles. The van der Waals surface area contributed by atoms with Gasteiger partial charge in [0, 0.05) is 6.42 Å². The Morgan fingerprint density at radius 1 is 0.861 bits per heavy atom. The van der Waals surface area contributed by atoms with Crippen molar-refractivity contribution in [2.75, 3.05) is 19.8 Å². The molecule has 1 heterocycles. The van der Waals surface area contributed by atoms with E-state index in [9.17, 15) is 25.2 Å². The number of hydrogen-bond acceptors (Lipinski definition) is 9. The summed E-state index contributed by atoms with van der Waals surface area (Å²) < 4.78 is 15.5. The van der Waals surface area contributed by atoms with Gasteiger partial charge in [0.15, 0.2) is 6.29 Å². The van der Waals surface area contributed by atoms with Crippen LogP contribution in [0.3, 0.4) is 0 Å². The molecular weight excluding hydrogens is 468 g/mol. The molecule has 6 unspecified atom stereocenters. The van der Waals surface area contributed by atoms with Crippen molar-refractivity contribution >= 4 is 5.97 Å². The number of carbonyl (C=O) groups excluding carboxylic acids is 1. The number of aliphatic hydroxyl groups is 5. The zero-order chi connectivity index (χ0) is 26.6. The second-order valence-corrected chi connectivity index (χ2v) is 9.35. The fourth-order valence-electron chi connectivity index (χ4n) is 3.80. The minimum atomic E-state index is -1.56. The summed E-state index contributed by atoms with van der Waals surface area (Å²) in [5.74, 6) is -0.396. The zero-order valence-electron chi connectivity index (χ0n) is 21.7.